The number of carboxylic acid groups (broad SMARTS) is 1. The van der Waals surface area contributed by atoms with Crippen LogP contribution in [0.2, 0.25) is 0 Å². The van der Waals surface area contributed by atoms with Crippen LogP contribution in [0.25, 0.3) is 10.9 Å². The molecule has 0 spiro atoms. The fourth-order valence-electron chi connectivity index (χ4n) is 1.72. The first-order chi connectivity index (χ1) is 7.59. The van der Waals surface area contributed by atoms with Crippen molar-refractivity contribution in [3.8, 4) is 0 Å². The number of carboxylic acids is 1. The predicted molar refractivity (Wildman–Crippen MR) is 65.6 cm³/mol. The molecule has 0 aliphatic heterocycles. The van der Waals surface area contributed by atoms with Gasteiger partial charge in [-0.2, -0.15) is 0 Å². The van der Waals surface area contributed by atoms with Crippen molar-refractivity contribution in [1.29, 1.82) is 0 Å². The maximum atomic E-state index is 10.7. The molecule has 16 heavy (non-hydrogen) atoms. The van der Waals surface area contributed by atoms with Gasteiger partial charge in [-0.1, -0.05) is 31.0 Å². The fourth-order valence-corrected chi connectivity index (χ4v) is 2.03. The van der Waals surface area contributed by atoms with Crippen molar-refractivity contribution in [1.82, 2.24) is 3.97 Å². The van der Waals surface area contributed by atoms with Crippen LogP contribution in [-0.4, -0.2) is 21.1 Å². The van der Waals surface area contributed by atoms with E-state index in [9.17, 15) is 4.79 Å². The van der Waals surface area contributed by atoms with Gasteiger partial charge in [0.05, 0.1) is 5.52 Å². The molecule has 0 aliphatic rings. The van der Waals surface area contributed by atoms with Crippen molar-refractivity contribution in [2.45, 2.75) is 12.5 Å². The lowest BCUT2D eigenvalue weighted by Crippen LogP contribution is -2.32. The van der Waals surface area contributed by atoms with E-state index < -0.39 is 12.0 Å². The van der Waals surface area contributed by atoms with E-state index in [0.717, 1.165) is 16.5 Å². The van der Waals surface area contributed by atoms with Crippen LogP contribution in [0.1, 0.15) is 5.56 Å². The number of carbonyl (C=O) groups is 1. The van der Waals surface area contributed by atoms with E-state index in [1.54, 1.807) is 10.2 Å². The lowest BCUT2D eigenvalue weighted by Gasteiger charge is -2.04. The molecule has 1 aromatic heterocycles. The van der Waals surface area contributed by atoms with Gasteiger partial charge in [-0.15, -0.1) is 0 Å². The van der Waals surface area contributed by atoms with Crippen LogP contribution < -0.4 is 5.73 Å². The monoisotopic (exact) mass is 236 g/mol. The summed E-state index contributed by atoms with van der Waals surface area (Å²) in [5.74, 6) is -0.990. The number of nitrogens with two attached hydrogens (primary N) is 1. The van der Waals surface area contributed by atoms with Crippen LogP contribution in [0.4, 0.5) is 0 Å². The number of nitrogens with zero attached hydrogens (tertiary/aromatic N) is 1. The van der Waals surface area contributed by atoms with Crippen LogP contribution in [0.3, 0.4) is 0 Å². The number of aliphatic carboxylic acids is 1. The highest BCUT2D eigenvalue weighted by Crippen LogP contribution is 2.22. The van der Waals surface area contributed by atoms with Crippen LogP contribution >= 0.6 is 12.8 Å². The number of benzene rings is 1. The van der Waals surface area contributed by atoms with Gasteiger partial charge >= 0.3 is 5.97 Å². The average Bonchev–Trinajstić information content (AvgIpc) is 2.57. The van der Waals surface area contributed by atoms with Crippen molar-refractivity contribution >= 4 is 29.7 Å². The molecule has 0 bridgehead atoms. The largest absolute Gasteiger partial charge is 0.480 e. The van der Waals surface area contributed by atoms with Gasteiger partial charge in [0.15, 0.2) is 0 Å². The van der Waals surface area contributed by atoms with E-state index in [4.69, 9.17) is 10.8 Å². The topological polar surface area (TPSA) is 68.2 Å². The Hall–Kier alpha value is -1.46. The normalized spacial score (nSPS) is 12.9. The maximum Gasteiger partial charge on any atom is 0.320 e. The van der Waals surface area contributed by atoms with Crippen LogP contribution in [0, 0.1) is 0 Å². The minimum Gasteiger partial charge on any atom is -0.480 e. The second-order valence-corrected chi connectivity index (χ2v) is 4.10. The molecule has 2 rings (SSSR count). The van der Waals surface area contributed by atoms with E-state index in [0.29, 0.717) is 6.42 Å². The highest BCUT2D eigenvalue weighted by molar-refractivity contribution is 7.78. The summed E-state index contributed by atoms with van der Waals surface area (Å²) in [4.78, 5) is 10.7. The van der Waals surface area contributed by atoms with Crippen molar-refractivity contribution in [3.05, 3.63) is 36.0 Å². The third kappa shape index (κ3) is 1.91. The summed E-state index contributed by atoms with van der Waals surface area (Å²) >= 11 is 4.27. The number of thiol groups is 1. The molecular formula is C11H12N2O2S. The van der Waals surface area contributed by atoms with Crippen LogP contribution in [0.15, 0.2) is 30.5 Å². The van der Waals surface area contributed by atoms with Gasteiger partial charge in [0.2, 0.25) is 0 Å². The van der Waals surface area contributed by atoms with Gasteiger partial charge in [-0.25, -0.2) is 0 Å². The second-order valence-electron chi connectivity index (χ2n) is 3.66. The molecule has 3 N–H and O–H groups in total. The number of rotatable bonds is 3. The quantitative estimate of drug-likeness (QED) is 0.703. The molecule has 84 valence electrons. The third-order valence-corrected chi connectivity index (χ3v) is 2.86. The van der Waals surface area contributed by atoms with Crippen molar-refractivity contribution < 1.29 is 9.90 Å². The first-order valence-corrected chi connectivity index (χ1v) is 5.26. The zero-order chi connectivity index (χ0) is 11.7. The Morgan fingerprint density at radius 3 is 2.88 bits per heavy atom. The molecule has 1 unspecified atom stereocenters. The standard InChI is InChI=1S/C11H12N2O2S/c12-9(11(14)15)5-7-6-13(16)10-4-2-1-3-8(7)10/h1-4,6,9,16H,5,12H2,(H,14,15). The average molecular weight is 236 g/mol. The fraction of sp³-hybridized carbons (Fsp3) is 0.182. The zero-order valence-corrected chi connectivity index (χ0v) is 9.39. The molecule has 0 amide bonds. The zero-order valence-electron chi connectivity index (χ0n) is 8.50. The summed E-state index contributed by atoms with van der Waals surface area (Å²) in [5.41, 5.74) is 7.38. The highest BCUT2D eigenvalue weighted by atomic mass is 32.1. The van der Waals surface area contributed by atoms with E-state index in [1.165, 1.54) is 0 Å². The Balaban J connectivity index is 2.42. The summed E-state index contributed by atoms with van der Waals surface area (Å²) in [6.07, 6.45) is 2.11. The van der Waals surface area contributed by atoms with Crippen molar-refractivity contribution in [3.63, 3.8) is 0 Å². The Bertz CT molecular complexity index is 536. The molecule has 0 saturated heterocycles. The molecule has 4 nitrogen and oxygen atoms in total. The lowest BCUT2D eigenvalue weighted by molar-refractivity contribution is -0.138. The van der Waals surface area contributed by atoms with Crippen molar-refractivity contribution in [2.75, 3.05) is 0 Å². The molecule has 0 fully saturated rings. The molecule has 1 aromatic carbocycles. The summed E-state index contributed by atoms with van der Waals surface area (Å²) < 4.78 is 1.68. The Labute approximate surface area is 98.2 Å². The van der Waals surface area contributed by atoms with Crippen molar-refractivity contribution in [2.24, 2.45) is 5.73 Å². The van der Waals surface area contributed by atoms with Gasteiger partial charge in [-0.05, 0) is 11.6 Å². The van der Waals surface area contributed by atoms with E-state index in [-0.39, 0.29) is 0 Å². The predicted octanol–water partition coefficient (Wildman–Crippen LogP) is 1.29. The molecule has 0 radical (unpaired) electrons. The first kappa shape index (κ1) is 11.0. The molecular weight excluding hydrogens is 224 g/mol. The van der Waals surface area contributed by atoms with Gasteiger partial charge in [0.25, 0.3) is 0 Å². The second kappa shape index (κ2) is 4.19. The van der Waals surface area contributed by atoms with Gasteiger partial charge < -0.3 is 10.8 Å². The Kier molecular flexibility index (Phi) is 2.89. The molecule has 0 saturated carbocycles. The van der Waals surface area contributed by atoms with E-state index in [1.807, 2.05) is 24.3 Å². The summed E-state index contributed by atoms with van der Waals surface area (Å²) in [5, 5.41) is 9.77. The van der Waals surface area contributed by atoms with Crippen LogP contribution in [-0.2, 0) is 11.2 Å². The van der Waals surface area contributed by atoms with Crippen LogP contribution in [0.5, 0.6) is 0 Å². The molecule has 5 heteroatoms. The molecule has 0 aliphatic carbocycles. The van der Waals surface area contributed by atoms with E-state index in [2.05, 4.69) is 12.8 Å². The molecule has 2 aromatic rings. The molecule has 1 atom stereocenters. The number of hydrogen-bond donors (Lipinski definition) is 3. The smallest absolute Gasteiger partial charge is 0.320 e. The number of fused-ring (bicyclic) bond motifs is 1. The minimum atomic E-state index is -0.990. The third-order valence-electron chi connectivity index (χ3n) is 2.53. The minimum absolute atomic E-state index is 0.309. The van der Waals surface area contributed by atoms with E-state index >= 15 is 0 Å². The lowest BCUT2D eigenvalue weighted by atomic mass is 10.1. The number of hydrogen-bond acceptors (Lipinski definition) is 3. The Morgan fingerprint density at radius 1 is 1.50 bits per heavy atom. The van der Waals surface area contributed by atoms with Gasteiger partial charge in [-0.3, -0.25) is 8.77 Å². The highest BCUT2D eigenvalue weighted by Gasteiger charge is 2.15. The first-order valence-electron chi connectivity index (χ1n) is 4.86. The SMILES string of the molecule is NC(Cc1cn(S)c2ccccc12)C(=O)O. The summed E-state index contributed by atoms with van der Waals surface area (Å²) in [6.45, 7) is 0. The number of aromatic nitrogens is 1. The Morgan fingerprint density at radius 2 is 2.19 bits per heavy atom. The number of para-hydroxylation sites is 1. The van der Waals surface area contributed by atoms with Gasteiger partial charge in [0, 0.05) is 18.0 Å². The van der Waals surface area contributed by atoms with Gasteiger partial charge in [0.1, 0.15) is 6.04 Å². The summed E-state index contributed by atoms with van der Waals surface area (Å²) in [6, 6.07) is 6.81. The molecule has 1 heterocycles. The summed E-state index contributed by atoms with van der Waals surface area (Å²) in [7, 11) is 0. The maximum absolute atomic E-state index is 10.7.